The Labute approximate surface area is 133 Å². The average Bonchev–Trinajstić information content (AvgIpc) is 3.30. The molecular formula is C18H17N3S. The van der Waals surface area contributed by atoms with Gasteiger partial charge in [0.2, 0.25) is 0 Å². The summed E-state index contributed by atoms with van der Waals surface area (Å²) in [7, 11) is 0. The van der Waals surface area contributed by atoms with Crippen LogP contribution in [0.5, 0.6) is 0 Å². The largest absolute Gasteiger partial charge is 0.313 e. The van der Waals surface area contributed by atoms with Crippen LogP contribution in [0.2, 0.25) is 0 Å². The molecule has 3 nitrogen and oxygen atoms in total. The number of benzene rings is 1. The highest BCUT2D eigenvalue weighted by Gasteiger charge is 2.27. The summed E-state index contributed by atoms with van der Waals surface area (Å²) in [6.07, 6.45) is 6.08. The molecule has 0 radical (unpaired) electrons. The molecule has 0 atom stereocenters. The van der Waals surface area contributed by atoms with Gasteiger partial charge in [-0.2, -0.15) is 0 Å². The molecular weight excluding hydrogens is 290 g/mol. The van der Waals surface area contributed by atoms with Crippen molar-refractivity contribution in [2.45, 2.75) is 25.8 Å². The molecule has 2 aromatic heterocycles. The van der Waals surface area contributed by atoms with Gasteiger partial charge in [-0.15, -0.1) is 11.3 Å². The van der Waals surface area contributed by atoms with Crippen LogP contribution < -0.4 is 4.80 Å². The lowest BCUT2D eigenvalue weighted by molar-refractivity contribution is 0.724. The van der Waals surface area contributed by atoms with Crippen LogP contribution in [0.25, 0.3) is 11.3 Å². The maximum Gasteiger partial charge on any atom is 0.190 e. The zero-order chi connectivity index (χ0) is 14.9. The van der Waals surface area contributed by atoms with Crippen molar-refractivity contribution in [1.82, 2.24) is 9.55 Å². The third-order valence-corrected chi connectivity index (χ3v) is 4.71. The van der Waals surface area contributed by atoms with E-state index in [1.165, 1.54) is 29.7 Å². The molecule has 2 heterocycles. The zero-order valence-corrected chi connectivity index (χ0v) is 13.3. The minimum atomic E-state index is 0.595. The first kappa shape index (κ1) is 13.5. The highest BCUT2D eigenvalue weighted by Crippen LogP contribution is 2.38. The standard InChI is InChI=1S/C18H17N3S/c1-13-4-6-14(7-5-13)17-12-22-18(21(17)16-8-9-16)20-15-3-2-10-19-11-15/h2-7,10-12,16H,8-9H2,1H3. The van der Waals surface area contributed by atoms with Gasteiger partial charge in [0.1, 0.15) is 0 Å². The second-order valence-electron chi connectivity index (χ2n) is 5.69. The topological polar surface area (TPSA) is 30.2 Å². The Kier molecular flexibility index (Phi) is 3.39. The van der Waals surface area contributed by atoms with E-state index < -0.39 is 0 Å². The van der Waals surface area contributed by atoms with Crippen LogP contribution in [0.15, 0.2) is 59.2 Å². The van der Waals surface area contributed by atoms with E-state index in [0.29, 0.717) is 6.04 Å². The number of thiazole rings is 1. The fourth-order valence-corrected chi connectivity index (χ4v) is 3.54. The fraction of sp³-hybridized carbons (Fsp3) is 0.222. The van der Waals surface area contributed by atoms with E-state index in [2.05, 4.69) is 46.1 Å². The van der Waals surface area contributed by atoms with Crippen LogP contribution in [-0.2, 0) is 0 Å². The van der Waals surface area contributed by atoms with Gasteiger partial charge in [0.05, 0.1) is 17.6 Å². The minimum Gasteiger partial charge on any atom is -0.313 e. The third-order valence-electron chi connectivity index (χ3n) is 3.87. The average molecular weight is 307 g/mol. The molecule has 0 bridgehead atoms. The first-order valence-electron chi connectivity index (χ1n) is 7.53. The highest BCUT2D eigenvalue weighted by atomic mass is 32.1. The molecule has 0 N–H and O–H groups in total. The molecule has 1 saturated carbocycles. The highest BCUT2D eigenvalue weighted by molar-refractivity contribution is 7.07. The SMILES string of the molecule is Cc1ccc(-c2csc(=Nc3cccnc3)n2C2CC2)cc1. The fourth-order valence-electron chi connectivity index (χ4n) is 2.55. The molecule has 1 aliphatic rings. The molecule has 0 amide bonds. The molecule has 1 fully saturated rings. The lowest BCUT2D eigenvalue weighted by Crippen LogP contribution is -2.14. The number of hydrogen-bond donors (Lipinski definition) is 0. The number of aryl methyl sites for hydroxylation is 1. The van der Waals surface area contributed by atoms with Crippen molar-refractivity contribution in [2.75, 3.05) is 0 Å². The van der Waals surface area contributed by atoms with E-state index in [-0.39, 0.29) is 0 Å². The number of pyridine rings is 1. The predicted octanol–water partition coefficient (Wildman–Crippen LogP) is 4.49. The van der Waals surface area contributed by atoms with Crippen molar-refractivity contribution < 1.29 is 0 Å². The van der Waals surface area contributed by atoms with E-state index in [0.717, 1.165) is 10.5 Å². The Balaban J connectivity index is 1.84. The second kappa shape index (κ2) is 5.54. The van der Waals surface area contributed by atoms with Gasteiger partial charge in [0, 0.05) is 17.6 Å². The number of rotatable bonds is 3. The van der Waals surface area contributed by atoms with E-state index in [1.54, 1.807) is 17.5 Å². The summed E-state index contributed by atoms with van der Waals surface area (Å²) in [6, 6.07) is 13.3. The van der Waals surface area contributed by atoms with Crippen LogP contribution in [0.1, 0.15) is 24.4 Å². The molecule has 22 heavy (non-hydrogen) atoms. The van der Waals surface area contributed by atoms with Crippen molar-refractivity contribution in [3.05, 3.63) is 64.5 Å². The first-order valence-corrected chi connectivity index (χ1v) is 8.41. The van der Waals surface area contributed by atoms with Crippen LogP contribution in [-0.4, -0.2) is 9.55 Å². The van der Waals surface area contributed by atoms with Crippen molar-refractivity contribution >= 4 is 17.0 Å². The maximum atomic E-state index is 4.79. The van der Waals surface area contributed by atoms with E-state index >= 15 is 0 Å². The molecule has 4 rings (SSSR count). The Morgan fingerprint density at radius 2 is 2.00 bits per heavy atom. The second-order valence-corrected chi connectivity index (χ2v) is 6.53. The van der Waals surface area contributed by atoms with Gasteiger partial charge in [-0.05, 0) is 37.5 Å². The lowest BCUT2D eigenvalue weighted by atomic mass is 10.1. The number of nitrogens with zero attached hydrogens (tertiary/aromatic N) is 3. The third kappa shape index (κ3) is 2.62. The Morgan fingerprint density at radius 1 is 1.18 bits per heavy atom. The van der Waals surface area contributed by atoms with Crippen LogP contribution >= 0.6 is 11.3 Å². The quantitative estimate of drug-likeness (QED) is 0.701. The van der Waals surface area contributed by atoms with Crippen LogP contribution in [0.4, 0.5) is 5.69 Å². The normalized spacial score (nSPS) is 15.2. The molecule has 3 aromatic rings. The predicted molar refractivity (Wildman–Crippen MR) is 90.2 cm³/mol. The molecule has 0 spiro atoms. The molecule has 0 unspecified atom stereocenters. The van der Waals surface area contributed by atoms with Crippen LogP contribution in [0.3, 0.4) is 0 Å². The van der Waals surface area contributed by atoms with Gasteiger partial charge < -0.3 is 4.57 Å². The number of aromatic nitrogens is 2. The Bertz CT molecular complexity index is 840. The van der Waals surface area contributed by atoms with Crippen molar-refractivity contribution in [1.29, 1.82) is 0 Å². The summed E-state index contributed by atoms with van der Waals surface area (Å²) in [6.45, 7) is 2.12. The smallest absolute Gasteiger partial charge is 0.190 e. The van der Waals surface area contributed by atoms with E-state index in [1.807, 2.05) is 18.3 Å². The van der Waals surface area contributed by atoms with Crippen molar-refractivity contribution in [3.63, 3.8) is 0 Å². The molecule has 0 saturated heterocycles. The van der Waals surface area contributed by atoms with Crippen molar-refractivity contribution in [2.24, 2.45) is 4.99 Å². The first-order chi connectivity index (χ1) is 10.8. The van der Waals surface area contributed by atoms with Gasteiger partial charge >= 0.3 is 0 Å². The summed E-state index contributed by atoms with van der Waals surface area (Å²) in [5.41, 5.74) is 4.74. The number of hydrogen-bond acceptors (Lipinski definition) is 3. The summed E-state index contributed by atoms with van der Waals surface area (Å²) >= 11 is 1.71. The summed E-state index contributed by atoms with van der Waals surface area (Å²) in [5.74, 6) is 0. The summed E-state index contributed by atoms with van der Waals surface area (Å²) in [4.78, 5) is 9.99. The van der Waals surface area contributed by atoms with Gasteiger partial charge in [-0.1, -0.05) is 29.8 Å². The molecule has 1 aliphatic carbocycles. The molecule has 0 aliphatic heterocycles. The molecule has 1 aromatic carbocycles. The Morgan fingerprint density at radius 3 is 2.68 bits per heavy atom. The maximum absolute atomic E-state index is 4.79. The van der Waals surface area contributed by atoms with Crippen LogP contribution in [0, 0.1) is 6.92 Å². The van der Waals surface area contributed by atoms with E-state index in [9.17, 15) is 0 Å². The van der Waals surface area contributed by atoms with Crippen molar-refractivity contribution in [3.8, 4) is 11.3 Å². The van der Waals surface area contributed by atoms with Gasteiger partial charge in [0.25, 0.3) is 0 Å². The van der Waals surface area contributed by atoms with Gasteiger partial charge in [-0.25, -0.2) is 4.99 Å². The Hall–Kier alpha value is -2.20. The minimum absolute atomic E-state index is 0.595. The van der Waals surface area contributed by atoms with E-state index in [4.69, 9.17) is 4.99 Å². The lowest BCUT2D eigenvalue weighted by Gasteiger charge is -2.08. The molecule has 4 heteroatoms. The van der Waals surface area contributed by atoms with Gasteiger partial charge in [0.15, 0.2) is 4.80 Å². The monoisotopic (exact) mass is 307 g/mol. The van der Waals surface area contributed by atoms with Gasteiger partial charge in [-0.3, -0.25) is 4.98 Å². The zero-order valence-electron chi connectivity index (χ0n) is 12.4. The molecule has 110 valence electrons. The summed E-state index contributed by atoms with van der Waals surface area (Å²) < 4.78 is 2.39. The summed E-state index contributed by atoms with van der Waals surface area (Å²) in [5, 5.41) is 2.22.